The van der Waals surface area contributed by atoms with Crippen molar-refractivity contribution >= 4 is 28.9 Å². The number of rotatable bonds is 4. The molecule has 2 fully saturated rings. The first-order chi connectivity index (χ1) is 16.8. The fraction of sp³-hybridized carbons (Fsp3) is 0.500. The highest BCUT2D eigenvalue weighted by molar-refractivity contribution is 5.92. The van der Waals surface area contributed by atoms with Gasteiger partial charge in [0.05, 0.1) is 11.9 Å². The summed E-state index contributed by atoms with van der Waals surface area (Å²) in [5, 5.41) is 13.8. The van der Waals surface area contributed by atoms with Crippen LogP contribution in [0.1, 0.15) is 18.7 Å². The Morgan fingerprint density at radius 2 is 1.63 bits per heavy atom. The normalized spacial score (nSPS) is 18.3. The monoisotopic (exact) mass is 489 g/mol. The summed E-state index contributed by atoms with van der Waals surface area (Å²) in [6.07, 6.45) is -1.84. The van der Waals surface area contributed by atoms with Crippen molar-refractivity contribution in [3.63, 3.8) is 0 Å². The molecule has 0 spiro atoms. The third-order valence-corrected chi connectivity index (χ3v) is 6.53. The second-order valence-corrected chi connectivity index (χ2v) is 8.93. The molecule has 0 saturated carbocycles. The highest BCUT2D eigenvalue weighted by Gasteiger charge is 2.38. The minimum Gasteiger partial charge on any atom is -0.355 e. The number of fused-ring (bicyclic) bond motifs is 1. The molecule has 2 saturated heterocycles. The maximum atomic E-state index is 13.1. The average Bonchev–Trinajstić information content (AvgIpc) is 3.29. The molecule has 13 heteroatoms. The van der Waals surface area contributed by atoms with Gasteiger partial charge in [0.2, 0.25) is 5.91 Å². The van der Waals surface area contributed by atoms with Gasteiger partial charge in [0.1, 0.15) is 11.6 Å². The van der Waals surface area contributed by atoms with Crippen LogP contribution in [0.2, 0.25) is 0 Å². The molecule has 35 heavy (non-hydrogen) atoms. The molecule has 0 unspecified atom stereocenters. The van der Waals surface area contributed by atoms with Gasteiger partial charge in [-0.15, -0.1) is 15.3 Å². The van der Waals surface area contributed by atoms with Crippen LogP contribution < -0.4 is 15.1 Å². The fourth-order valence-corrected chi connectivity index (χ4v) is 4.42. The lowest BCUT2D eigenvalue weighted by atomic mass is 9.96. The summed E-state index contributed by atoms with van der Waals surface area (Å²) in [6, 6.07) is 6.87. The Hall–Kier alpha value is -3.48. The molecule has 1 N–H and O–H groups in total. The van der Waals surface area contributed by atoms with Gasteiger partial charge in [-0.3, -0.25) is 4.79 Å². The number of aromatic nitrogens is 5. The van der Waals surface area contributed by atoms with E-state index in [0.29, 0.717) is 42.0 Å². The van der Waals surface area contributed by atoms with Crippen molar-refractivity contribution in [3.05, 3.63) is 36.3 Å². The van der Waals surface area contributed by atoms with Gasteiger partial charge in [-0.1, -0.05) is 0 Å². The van der Waals surface area contributed by atoms with E-state index >= 15 is 0 Å². The average molecular weight is 490 g/mol. The quantitative estimate of drug-likeness (QED) is 0.596. The van der Waals surface area contributed by atoms with Gasteiger partial charge >= 0.3 is 6.18 Å². The van der Waals surface area contributed by atoms with Crippen LogP contribution in [0.15, 0.2) is 30.5 Å². The number of carbonyl (C=O) groups is 1. The number of halogens is 3. The van der Waals surface area contributed by atoms with Gasteiger partial charge in [-0.25, -0.2) is 4.98 Å². The summed E-state index contributed by atoms with van der Waals surface area (Å²) in [6.45, 7) is 4.83. The Labute approximate surface area is 199 Å². The fourth-order valence-electron chi connectivity index (χ4n) is 4.42. The van der Waals surface area contributed by atoms with Gasteiger partial charge < -0.3 is 20.0 Å². The number of nitrogens with one attached hydrogen (secondary N) is 1. The molecule has 3 aromatic heterocycles. The number of hydrogen-bond acceptors (Lipinski definition) is 8. The number of carbonyl (C=O) groups excluding carboxylic acids is 1. The second kappa shape index (κ2) is 9.29. The molecule has 0 radical (unpaired) electrons. The highest BCUT2D eigenvalue weighted by Crippen LogP contribution is 2.29. The maximum Gasteiger partial charge on any atom is 0.453 e. The molecule has 0 aliphatic carbocycles. The number of piperidine rings is 1. The Bertz CT molecular complexity index is 1180. The Kier molecular flexibility index (Phi) is 6.17. The van der Waals surface area contributed by atoms with E-state index in [0.717, 1.165) is 32.0 Å². The molecule has 0 bridgehead atoms. The predicted octanol–water partition coefficient (Wildman–Crippen LogP) is 2.15. The molecular weight excluding hydrogens is 463 g/mol. The van der Waals surface area contributed by atoms with Crippen molar-refractivity contribution in [3.8, 4) is 0 Å². The van der Waals surface area contributed by atoms with Gasteiger partial charge in [0, 0.05) is 45.2 Å². The summed E-state index contributed by atoms with van der Waals surface area (Å²) >= 11 is 0. The van der Waals surface area contributed by atoms with Crippen molar-refractivity contribution < 1.29 is 18.0 Å². The standard InChI is InChI=1S/C22H26F3N9O/c1-31-10-12-33(13-11-31)17-3-2-16(14-26-17)27-20(35)15-6-8-32(9-7-15)19-5-4-18-28-29-21(22(23,24)25)34(18)30-19/h2-5,14-15H,6-13H2,1H3,(H,27,35). The van der Waals surface area contributed by atoms with E-state index in [9.17, 15) is 18.0 Å². The summed E-state index contributed by atoms with van der Waals surface area (Å²) in [4.78, 5) is 23.7. The molecule has 2 aliphatic heterocycles. The first kappa shape index (κ1) is 23.3. The maximum absolute atomic E-state index is 13.1. The van der Waals surface area contributed by atoms with Gasteiger partial charge in [-0.2, -0.15) is 17.7 Å². The molecule has 2 aliphatic rings. The minimum absolute atomic E-state index is 0.0302. The van der Waals surface area contributed by atoms with Crippen LogP contribution in [0, 0.1) is 5.92 Å². The van der Waals surface area contributed by atoms with Gasteiger partial charge in [0.15, 0.2) is 5.65 Å². The number of hydrogen-bond donors (Lipinski definition) is 1. The van der Waals surface area contributed by atoms with E-state index in [-0.39, 0.29) is 17.5 Å². The molecule has 0 aromatic carbocycles. The van der Waals surface area contributed by atoms with Crippen LogP contribution in [-0.2, 0) is 11.0 Å². The first-order valence-electron chi connectivity index (χ1n) is 11.5. The van der Waals surface area contributed by atoms with Crippen LogP contribution in [-0.4, -0.2) is 81.9 Å². The number of anilines is 3. The zero-order chi connectivity index (χ0) is 24.6. The van der Waals surface area contributed by atoms with Crippen LogP contribution in [0.4, 0.5) is 30.5 Å². The van der Waals surface area contributed by atoms with Crippen molar-refractivity contribution in [2.45, 2.75) is 19.0 Å². The van der Waals surface area contributed by atoms with Gasteiger partial charge in [0.25, 0.3) is 5.82 Å². The SMILES string of the molecule is CN1CCN(c2ccc(NC(=O)C3CCN(c4ccc5nnc(C(F)(F)F)n5n4)CC3)cn2)CC1. The minimum atomic E-state index is -4.65. The molecule has 186 valence electrons. The zero-order valence-corrected chi connectivity index (χ0v) is 19.2. The van der Waals surface area contributed by atoms with E-state index in [1.807, 2.05) is 17.0 Å². The highest BCUT2D eigenvalue weighted by atomic mass is 19.4. The van der Waals surface area contributed by atoms with Crippen molar-refractivity contribution in [1.82, 2.24) is 29.7 Å². The van der Waals surface area contributed by atoms with Crippen LogP contribution in [0.25, 0.3) is 5.65 Å². The Morgan fingerprint density at radius 1 is 0.943 bits per heavy atom. The van der Waals surface area contributed by atoms with E-state index in [1.165, 1.54) is 6.07 Å². The molecule has 5 rings (SSSR count). The lowest BCUT2D eigenvalue weighted by Crippen LogP contribution is -2.44. The third-order valence-electron chi connectivity index (χ3n) is 6.53. The number of pyridine rings is 1. The number of nitrogens with zero attached hydrogens (tertiary/aromatic N) is 8. The lowest BCUT2D eigenvalue weighted by Gasteiger charge is -2.33. The molecule has 5 heterocycles. The van der Waals surface area contributed by atoms with Crippen LogP contribution >= 0.6 is 0 Å². The van der Waals surface area contributed by atoms with E-state index in [1.54, 1.807) is 12.3 Å². The summed E-state index contributed by atoms with van der Waals surface area (Å²) in [5.74, 6) is -0.148. The molecule has 3 aromatic rings. The lowest BCUT2D eigenvalue weighted by molar-refractivity contribution is -0.146. The Morgan fingerprint density at radius 3 is 2.29 bits per heavy atom. The summed E-state index contributed by atoms with van der Waals surface area (Å²) in [7, 11) is 2.10. The number of piperazine rings is 1. The number of alkyl halides is 3. The summed E-state index contributed by atoms with van der Waals surface area (Å²) in [5.41, 5.74) is 0.678. The topological polar surface area (TPSA) is 94.8 Å². The zero-order valence-electron chi connectivity index (χ0n) is 19.2. The van der Waals surface area contributed by atoms with Crippen molar-refractivity contribution in [2.24, 2.45) is 5.92 Å². The number of likely N-dealkylation sites (N-methyl/N-ethyl adjacent to an activating group) is 1. The predicted molar refractivity (Wildman–Crippen MR) is 123 cm³/mol. The smallest absolute Gasteiger partial charge is 0.355 e. The van der Waals surface area contributed by atoms with Crippen molar-refractivity contribution in [2.75, 3.05) is 61.4 Å². The second-order valence-electron chi connectivity index (χ2n) is 8.93. The summed E-state index contributed by atoms with van der Waals surface area (Å²) < 4.78 is 40.2. The Balaban J connectivity index is 1.17. The van der Waals surface area contributed by atoms with Crippen LogP contribution in [0.3, 0.4) is 0 Å². The molecular formula is C22H26F3N9O. The molecule has 0 atom stereocenters. The van der Waals surface area contributed by atoms with E-state index < -0.39 is 12.0 Å². The van der Waals surface area contributed by atoms with Crippen molar-refractivity contribution in [1.29, 1.82) is 0 Å². The first-order valence-corrected chi connectivity index (χ1v) is 11.5. The molecule has 10 nitrogen and oxygen atoms in total. The largest absolute Gasteiger partial charge is 0.453 e. The number of amides is 1. The van der Waals surface area contributed by atoms with Crippen LogP contribution in [0.5, 0.6) is 0 Å². The van der Waals surface area contributed by atoms with E-state index in [2.05, 4.69) is 42.4 Å². The van der Waals surface area contributed by atoms with E-state index in [4.69, 9.17) is 0 Å². The molecule has 1 amide bonds. The third kappa shape index (κ3) is 4.99. The van der Waals surface area contributed by atoms with Gasteiger partial charge in [-0.05, 0) is 44.2 Å².